The molecule has 0 fully saturated rings. The van der Waals surface area contributed by atoms with Gasteiger partial charge in [-0.1, -0.05) is 0 Å². The summed E-state index contributed by atoms with van der Waals surface area (Å²) in [5.74, 6) is 0.650. The summed E-state index contributed by atoms with van der Waals surface area (Å²) in [6, 6.07) is -0.472. The van der Waals surface area contributed by atoms with Crippen LogP contribution in [0.2, 0.25) is 0 Å². The molecule has 5 heteroatoms. The maximum atomic E-state index is 11.1. The number of carbonyl (C=O) groups is 1. The molecule has 1 amide bonds. The predicted octanol–water partition coefficient (Wildman–Crippen LogP) is -0.616. The van der Waals surface area contributed by atoms with Gasteiger partial charge < -0.3 is 15.6 Å². The average Bonchev–Trinajstić information content (AvgIpc) is 2.47. The Kier molecular flexibility index (Phi) is 3.02. The van der Waals surface area contributed by atoms with Gasteiger partial charge >= 0.3 is 0 Å². The number of imidazole rings is 1. The lowest BCUT2D eigenvalue weighted by Gasteiger charge is -2.06. The molecule has 1 aromatic heterocycles. The minimum atomic E-state index is -0.472. The van der Waals surface area contributed by atoms with Gasteiger partial charge in [-0.15, -0.1) is 0 Å². The quantitative estimate of drug-likeness (QED) is 0.654. The first-order chi connectivity index (χ1) is 6.11. The lowest BCUT2D eigenvalue weighted by Crippen LogP contribution is -2.38. The van der Waals surface area contributed by atoms with Crippen LogP contribution < -0.4 is 11.1 Å². The highest BCUT2D eigenvalue weighted by Crippen LogP contribution is 1.92. The van der Waals surface area contributed by atoms with Crippen molar-refractivity contribution in [2.24, 2.45) is 12.8 Å². The van der Waals surface area contributed by atoms with E-state index >= 15 is 0 Å². The molecule has 0 aromatic carbocycles. The van der Waals surface area contributed by atoms with E-state index in [4.69, 9.17) is 5.73 Å². The summed E-state index contributed by atoms with van der Waals surface area (Å²) < 4.78 is 1.85. The second-order valence-electron chi connectivity index (χ2n) is 2.96. The molecule has 0 unspecified atom stereocenters. The molecule has 0 aliphatic rings. The highest BCUT2D eigenvalue weighted by Gasteiger charge is 2.07. The van der Waals surface area contributed by atoms with Gasteiger partial charge in [-0.25, -0.2) is 4.98 Å². The standard InChI is InChI=1S/C8H14N4O/c1-6(9)8(13)11-5-7-10-3-4-12(7)2/h3-4,6H,5,9H2,1-2H3,(H,11,13)/t6-/m0/s1. The van der Waals surface area contributed by atoms with Crippen LogP contribution >= 0.6 is 0 Å². The Balaban J connectivity index is 2.44. The highest BCUT2D eigenvalue weighted by atomic mass is 16.2. The molecule has 0 aliphatic carbocycles. The van der Waals surface area contributed by atoms with Gasteiger partial charge in [0.25, 0.3) is 0 Å². The fourth-order valence-electron chi connectivity index (χ4n) is 0.894. The van der Waals surface area contributed by atoms with Crippen LogP contribution in [0.4, 0.5) is 0 Å². The topological polar surface area (TPSA) is 72.9 Å². The molecule has 0 saturated heterocycles. The first-order valence-corrected chi connectivity index (χ1v) is 4.10. The number of hydrogen-bond acceptors (Lipinski definition) is 3. The summed E-state index contributed by atoms with van der Waals surface area (Å²) >= 11 is 0. The summed E-state index contributed by atoms with van der Waals surface area (Å²) in [7, 11) is 1.88. The second kappa shape index (κ2) is 4.04. The largest absolute Gasteiger partial charge is 0.348 e. The highest BCUT2D eigenvalue weighted by molar-refractivity contribution is 5.80. The van der Waals surface area contributed by atoms with Crippen molar-refractivity contribution in [3.05, 3.63) is 18.2 Å². The average molecular weight is 182 g/mol. The Morgan fingerprint density at radius 3 is 3.00 bits per heavy atom. The summed E-state index contributed by atoms with van der Waals surface area (Å²) in [6.45, 7) is 2.07. The van der Waals surface area contributed by atoms with Gasteiger partial charge in [0.2, 0.25) is 5.91 Å². The molecule has 0 aliphatic heterocycles. The Morgan fingerprint density at radius 1 is 1.85 bits per heavy atom. The van der Waals surface area contributed by atoms with Gasteiger partial charge in [0.05, 0.1) is 12.6 Å². The van der Waals surface area contributed by atoms with Crippen molar-refractivity contribution in [3.8, 4) is 0 Å². The van der Waals surface area contributed by atoms with E-state index in [0.29, 0.717) is 6.54 Å². The molecule has 0 spiro atoms. The van der Waals surface area contributed by atoms with Crippen molar-refractivity contribution in [1.29, 1.82) is 0 Å². The summed E-state index contributed by atoms with van der Waals surface area (Å²) in [4.78, 5) is 15.1. The number of nitrogens with one attached hydrogen (secondary N) is 1. The molecular weight excluding hydrogens is 168 g/mol. The van der Waals surface area contributed by atoms with Crippen LogP contribution in [0.15, 0.2) is 12.4 Å². The normalized spacial score (nSPS) is 12.5. The third-order valence-electron chi connectivity index (χ3n) is 1.76. The van der Waals surface area contributed by atoms with Crippen molar-refractivity contribution >= 4 is 5.91 Å². The van der Waals surface area contributed by atoms with E-state index in [0.717, 1.165) is 5.82 Å². The van der Waals surface area contributed by atoms with Crippen LogP contribution in [0.1, 0.15) is 12.7 Å². The minimum Gasteiger partial charge on any atom is -0.348 e. The van der Waals surface area contributed by atoms with Gasteiger partial charge in [-0.3, -0.25) is 4.79 Å². The Labute approximate surface area is 76.9 Å². The van der Waals surface area contributed by atoms with Crippen molar-refractivity contribution in [2.45, 2.75) is 19.5 Å². The fourth-order valence-corrected chi connectivity index (χ4v) is 0.894. The smallest absolute Gasteiger partial charge is 0.237 e. The molecule has 5 nitrogen and oxygen atoms in total. The van der Waals surface area contributed by atoms with E-state index < -0.39 is 6.04 Å². The number of carbonyl (C=O) groups excluding carboxylic acids is 1. The van der Waals surface area contributed by atoms with Gasteiger partial charge in [0.15, 0.2) is 0 Å². The zero-order chi connectivity index (χ0) is 9.84. The number of nitrogens with two attached hydrogens (primary N) is 1. The second-order valence-corrected chi connectivity index (χ2v) is 2.96. The summed E-state index contributed by atoms with van der Waals surface area (Å²) in [5, 5.41) is 2.68. The van der Waals surface area contributed by atoms with Crippen LogP contribution in [0.5, 0.6) is 0 Å². The van der Waals surface area contributed by atoms with Gasteiger partial charge in [0, 0.05) is 19.4 Å². The SMILES string of the molecule is C[C@H](N)C(=O)NCc1nccn1C. The van der Waals surface area contributed by atoms with Gasteiger partial charge in [-0.05, 0) is 6.92 Å². The van der Waals surface area contributed by atoms with Crippen molar-refractivity contribution in [1.82, 2.24) is 14.9 Å². The first-order valence-electron chi connectivity index (χ1n) is 4.10. The minimum absolute atomic E-state index is 0.164. The first kappa shape index (κ1) is 9.73. The number of aryl methyl sites for hydroxylation is 1. The van der Waals surface area contributed by atoms with Gasteiger partial charge in [-0.2, -0.15) is 0 Å². The van der Waals surface area contributed by atoms with E-state index in [1.165, 1.54) is 0 Å². The molecule has 1 aromatic rings. The van der Waals surface area contributed by atoms with E-state index in [-0.39, 0.29) is 5.91 Å². The number of aromatic nitrogens is 2. The molecule has 0 radical (unpaired) electrons. The number of rotatable bonds is 3. The molecule has 13 heavy (non-hydrogen) atoms. The van der Waals surface area contributed by atoms with E-state index in [1.807, 2.05) is 17.8 Å². The maximum Gasteiger partial charge on any atom is 0.237 e. The zero-order valence-electron chi connectivity index (χ0n) is 7.82. The van der Waals surface area contributed by atoms with Crippen LogP contribution in [-0.2, 0) is 18.4 Å². The lowest BCUT2D eigenvalue weighted by atomic mass is 10.3. The number of hydrogen-bond donors (Lipinski definition) is 2. The van der Waals surface area contributed by atoms with Crippen LogP contribution in [0, 0.1) is 0 Å². The van der Waals surface area contributed by atoms with E-state index in [1.54, 1.807) is 13.1 Å². The molecule has 0 bridgehead atoms. The third kappa shape index (κ3) is 2.55. The monoisotopic (exact) mass is 182 g/mol. The lowest BCUT2D eigenvalue weighted by molar-refractivity contribution is -0.122. The molecule has 72 valence electrons. The predicted molar refractivity (Wildman–Crippen MR) is 48.7 cm³/mol. The van der Waals surface area contributed by atoms with E-state index in [9.17, 15) is 4.79 Å². The van der Waals surface area contributed by atoms with Crippen LogP contribution in [0.3, 0.4) is 0 Å². The maximum absolute atomic E-state index is 11.1. The van der Waals surface area contributed by atoms with E-state index in [2.05, 4.69) is 10.3 Å². The Hall–Kier alpha value is -1.36. The Morgan fingerprint density at radius 2 is 2.54 bits per heavy atom. The number of nitrogens with zero attached hydrogens (tertiary/aromatic N) is 2. The zero-order valence-corrected chi connectivity index (χ0v) is 7.82. The third-order valence-corrected chi connectivity index (χ3v) is 1.76. The molecule has 3 N–H and O–H groups in total. The van der Waals surface area contributed by atoms with Gasteiger partial charge in [0.1, 0.15) is 5.82 Å². The Bertz CT molecular complexity index is 292. The van der Waals surface area contributed by atoms with Crippen LogP contribution in [0.25, 0.3) is 0 Å². The van der Waals surface area contributed by atoms with Crippen molar-refractivity contribution in [2.75, 3.05) is 0 Å². The summed E-state index contributed by atoms with van der Waals surface area (Å²) in [5.41, 5.74) is 5.37. The molecular formula is C8H14N4O. The molecule has 1 heterocycles. The van der Waals surface area contributed by atoms with Crippen LogP contribution in [-0.4, -0.2) is 21.5 Å². The fraction of sp³-hybridized carbons (Fsp3) is 0.500. The van der Waals surface area contributed by atoms with Crippen molar-refractivity contribution < 1.29 is 4.79 Å². The summed E-state index contributed by atoms with van der Waals surface area (Å²) in [6.07, 6.45) is 3.51. The molecule has 1 atom stereocenters. The van der Waals surface area contributed by atoms with Crippen molar-refractivity contribution in [3.63, 3.8) is 0 Å². The molecule has 1 rings (SSSR count). The molecule has 0 saturated carbocycles. The number of amides is 1.